The van der Waals surface area contributed by atoms with E-state index in [9.17, 15) is 0 Å². The highest BCUT2D eigenvalue weighted by atomic mass is 15.3. The zero-order valence-corrected chi connectivity index (χ0v) is 15.0. The van der Waals surface area contributed by atoms with Crippen LogP contribution in [0.4, 0.5) is 0 Å². The molecule has 25 heavy (non-hydrogen) atoms. The lowest BCUT2D eigenvalue weighted by Crippen LogP contribution is -2.26. The fraction of sp³-hybridized carbons (Fsp3) is 0.400. The van der Waals surface area contributed by atoms with E-state index in [0.717, 1.165) is 23.4 Å². The van der Waals surface area contributed by atoms with Crippen molar-refractivity contribution in [2.24, 2.45) is 7.05 Å². The SMILES string of the molecule is CN1CCC[C@@H]1CCn1ccc(-c2cccc(-c3cnn(C)c3)c2)n1. The van der Waals surface area contributed by atoms with Crippen LogP contribution in [0.5, 0.6) is 0 Å². The molecule has 130 valence electrons. The molecule has 1 saturated heterocycles. The van der Waals surface area contributed by atoms with Gasteiger partial charge in [-0.3, -0.25) is 9.36 Å². The second-order valence-electron chi connectivity index (χ2n) is 7.01. The van der Waals surface area contributed by atoms with Crippen molar-refractivity contribution < 1.29 is 0 Å². The molecule has 5 heteroatoms. The van der Waals surface area contributed by atoms with Gasteiger partial charge in [-0.2, -0.15) is 10.2 Å². The summed E-state index contributed by atoms with van der Waals surface area (Å²) >= 11 is 0. The van der Waals surface area contributed by atoms with Crippen molar-refractivity contribution in [3.05, 3.63) is 48.9 Å². The van der Waals surface area contributed by atoms with Gasteiger partial charge in [-0.25, -0.2) is 0 Å². The number of hydrogen-bond acceptors (Lipinski definition) is 3. The molecule has 0 amide bonds. The first-order valence-corrected chi connectivity index (χ1v) is 9.02. The van der Waals surface area contributed by atoms with E-state index in [1.807, 2.05) is 24.1 Å². The van der Waals surface area contributed by atoms with Crippen LogP contribution in [0.1, 0.15) is 19.3 Å². The predicted octanol–water partition coefficient (Wildman–Crippen LogP) is 3.43. The van der Waals surface area contributed by atoms with Gasteiger partial charge in [-0.05, 0) is 50.6 Å². The minimum absolute atomic E-state index is 0.710. The van der Waals surface area contributed by atoms with Crippen LogP contribution in [0.2, 0.25) is 0 Å². The summed E-state index contributed by atoms with van der Waals surface area (Å²) in [6.07, 6.45) is 9.85. The average molecular weight is 335 g/mol. The molecule has 3 aromatic rings. The van der Waals surface area contributed by atoms with Gasteiger partial charge in [0.2, 0.25) is 0 Å². The van der Waals surface area contributed by atoms with Crippen LogP contribution in [0.15, 0.2) is 48.9 Å². The number of likely N-dealkylation sites (tertiary alicyclic amines) is 1. The summed E-state index contributed by atoms with van der Waals surface area (Å²) in [7, 11) is 4.17. The molecule has 0 spiro atoms. The second kappa shape index (κ2) is 6.84. The predicted molar refractivity (Wildman–Crippen MR) is 100 cm³/mol. The summed E-state index contributed by atoms with van der Waals surface area (Å²) in [5.41, 5.74) is 4.49. The first-order valence-electron chi connectivity index (χ1n) is 9.02. The van der Waals surface area contributed by atoms with E-state index in [-0.39, 0.29) is 0 Å². The third-order valence-electron chi connectivity index (χ3n) is 5.20. The summed E-state index contributed by atoms with van der Waals surface area (Å²) < 4.78 is 3.91. The molecule has 0 N–H and O–H groups in total. The standard InChI is InChI=1S/C20H25N5/c1-23-10-4-7-19(23)8-11-25-12-9-20(22-25)17-6-3-5-16(13-17)18-14-21-24(2)15-18/h3,5-6,9,12-15,19H,4,7-8,10-11H2,1-2H3/t19-/m1/s1. The molecule has 1 aliphatic heterocycles. The summed E-state index contributed by atoms with van der Waals surface area (Å²) in [6.45, 7) is 2.22. The van der Waals surface area contributed by atoms with E-state index in [1.165, 1.54) is 31.4 Å². The highest BCUT2D eigenvalue weighted by Gasteiger charge is 2.20. The lowest BCUT2D eigenvalue weighted by Gasteiger charge is -2.18. The molecule has 0 saturated carbocycles. The Morgan fingerprint density at radius 2 is 2.00 bits per heavy atom. The van der Waals surface area contributed by atoms with E-state index in [1.54, 1.807) is 0 Å². The molecule has 1 aromatic carbocycles. The van der Waals surface area contributed by atoms with Crippen LogP contribution in [0.3, 0.4) is 0 Å². The van der Waals surface area contributed by atoms with Gasteiger partial charge < -0.3 is 4.90 Å². The Labute approximate surface area is 148 Å². The fourth-order valence-electron chi connectivity index (χ4n) is 3.69. The van der Waals surface area contributed by atoms with E-state index in [2.05, 4.69) is 58.3 Å². The molecule has 0 aliphatic carbocycles. The zero-order valence-electron chi connectivity index (χ0n) is 15.0. The van der Waals surface area contributed by atoms with Crippen LogP contribution in [0.25, 0.3) is 22.4 Å². The van der Waals surface area contributed by atoms with Crippen LogP contribution < -0.4 is 0 Å². The van der Waals surface area contributed by atoms with Crippen LogP contribution >= 0.6 is 0 Å². The number of aryl methyl sites for hydroxylation is 2. The quantitative estimate of drug-likeness (QED) is 0.717. The Morgan fingerprint density at radius 3 is 2.76 bits per heavy atom. The molecule has 4 rings (SSSR count). The van der Waals surface area contributed by atoms with Crippen molar-refractivity contribution in [3.63, 3.8) is 0 Å². The van der Waals surface area contributed by atoms with Gasteiger partial charge in [-0.1, -0.05) is 18.2 Å². The van der Waals surface area contributed by atoms with Gasteiger partial charge in [0.15, 0.2) is 0 Å². The molecule has 0 bridgehead atoms. The van der Waals surface area contributed by atoms with E-state index in [4.69, 9.17) is 5.10 Å². The summed E-state index contributed by atoms with van der Waals surface area (Å²) in [4.78, 5) is 2.47. The van der Waals surface area contributed by atoms with Crippen molar-refractivity contribution in [1.82, 2.24) is 24.5 Å². The first kappa shape index (κ1) is 16.1. The maximum atomic E-state index is 4.78. The molecule has 1 aliphatic rings. The fourth-order valence-corrected chi connectivity index (χ4v) is 3.69. The maximum Gasteiger partial charge on any atom is 0.0923 e. The first-order chi connectivity index (χ1) is 12.2. The molecule has 1 fully saturated rings. The Hall–Kier alpha value is -2.40. The monoisotopic (exact) mass is 335 g/mol. The molecule has 0 radical (unpaired) electrons. The Balaban J connectivity index is 1.48. The summed E-state index contributed by atoms with van der Waals surface area (Å²) in [5, 5.41) is 9.04. The van der Waals surface area contributed by atoms with E-state index in [0.29, 0.717) is 6.04 Å². The highest BCUT2D eigenvalue weighted by molar-refractivity contribution is 5.70. The Kier molecular flexibility index (Phi) is 4.40. The molecule has 3 heterocycles. The zero-order chi connectivity index (χ0) is 17.2. The Morgan fingerprint density at radius 1 is 1.12 bits per heavy atom. The molecule has 2 aromatic heterocycles. The lowest BCUT2D eigenvalue weighted by atomic mass is 10.0. The van der Waals surface area contributed by atoms with Crippen LogP contribution in [-0.4, -0.2) is 44.1 Å². The normalized spacial score (nSPS) is 18.1. The van der Waals surface area contributed by atoms with Crippen molar-refractivity contribution in [2.45, 2.75) is 31.8 Å². The second-order valence-corrected chi connectivity index (χ2v) is 7.01. The number of rotatable bonds is 5. The smallest absolute Gasteiger partial charge is 0.0923 e. The van der Waals surface area contributed by atoms with Gasteiger partial charge in [0.05, 0.1) is 11.9 Å². The molecule has 1 atom stereocenters. The van der Waals surface area contributed by atoms with Gasteiger partial charge >= 0.3 is 0 Å². The van der Waals surface area contributed by atoms with E-state index >= 15 is 0 Å². The number of aromatic nitrogens is 4. The van der Waals surface area contributed by atoms with Gasteiger partial charge in [0.25, 0.3) is 0 Å². The molecular weight excluding hydrogens is 310 g/mol. The van der Waals surface area contributed by atoms with E-state index < -0.39 is 0 Å². The van der Waals surface area contributed by atoms with Gasteiger partial charge in [0, 0.05) is 43.2 Å². The number of hydrogen-bond donors (Lipinski definition) is 0. The summed E-state index contributed by atoms with van der Waals surface area (Å²) in [6, 6.07) is 11.3. The van der Waals surface area contributed by atoms with Gasteiger partial charge in [0.1, 0.15) is 0 Å². The van der Waals surface area contributed by atoms with Crippen molar-refractivity contribution in [1.29, 1.82) is 0 Å². The van der Waals surface area contributed by atoms with Crippen molar-refractivity contribution in [2.75, 3.05) is 13.6 Å². The average Bonchev–Trinajstić information content (AvgIpc) is 3.34. The summed E-state index contributed by atoms with van der Waals surface area (Å²) in [5.74, 6) is 0. The molecule has 0 unspecified atom stereocenters. The minimum atomic E-state index is 0.710. The largest absolute Gasteiger partial charge is 0.303 e. The third kappa shape index (κ3) is 3.51. The lowest BCUT2D eigenvalue weighted by molar-refractivity contribution is 0.283. The minimum Gasteiger partial charge on any atom is -0.303 e. The number of nitrogens with zero attached hydrogens (tertiary/aromatic N) is 5. The maximum absolute atomic E-state index is 4.78. The number of benzene rings is 1. The Bertz CT molecular complexity index is 847. The molecule has 5 nitrogen and oxygen atoms in total. The van der Waals surface area contributed by atoms with Crippen molar-refractivity contribution in [3.8, 4) is 22.4 Å². The highest BCUT2D eigenvalue weighted by Crippen LogP contribution is 2.25. The topological polar surface area (TPSA) is 38.9 Å². The van der Waals surface area contributed by atoms with Crippen LogP contribution in [-0.2, 0) is 13.6 Å². The van der Waals surface area contributed by atoms with Crippen molar-refractivity contribution >= 4 is 0 Å². The third-order valence-corrected chi connectivity index (χ3v) is 5.20. The molecular formula is C20H25N5. The van der Waals surface area contributed by atoms with Gasteiger partial charge in [-0.15, -0.1) is 0 Å². The van der Waals surface area contributed by atoms with Crippen LogP contribution in [0, 0.1) is 0 Å².